The lowest BCUT2D eigenvalue weighted by molar-refractivity contribution is 0.485. The van der Waals surface area contributed by atoms with Gasteiger partial charge < -0.3 is 8.60 Å². The number of fused-ring (bicyclic) bond motifs is 1. The van der Waals surface area contributed by atoms with Gasteiger partial charge in [0.2, 0.25) is 0 Å². The zero-order valence-electron chi connectivity index (χ0n) is 14.3. The fraction of sp³-hybridized carbons (Fsp3) is 0.211. The van der Waals surface area contributed by atoms with Crippen LogP contribution in [0.3, 0.4) is 0 Å². The third-order valence-corrected chi connectivity index (χ3v) is 5.58. The van der Waals surface area contributed by atoms with Crippen LogP contribution in [0.25, 0.3) is 11.0 Å². The Bertz CT molecular complexity index is 1120. The largest absolute Gasteiger partial charge is 0.422 e. The van der Waals surface area contributed by atoms with Crippen molar-refractivity contribution in [3.05, 3.63) is 69.0 Å². The molecule has 0 aliphatic carbocycles. The van der Waals surface area contributed by atoms with Crippen LogP contribution in [-0.4, -0.2) is 8.42 Å². The predicted molar refractivity (Wildman–Crippen MR) is 100 cm³/mol. The molecular formula is C19H17ClO5S. The molecule has 5 nitrogen and oxygen atoms in total. The molecule has 0 bridgehead atoms. The Hall–Kier alpha value is -2.31. The Morgan fingerprint density at radius 2 is 1.81 bits per heavy atom. The third kappa shape index (κ3) is 3.61. The molecule has 1 heterocycles. The van der Waals surface area contributed by atoms with Crippen molar-refractivity contribution >= 4 is 32.7 Å². The smallest absolute Gasteiger partial charge is 0.339 e. The second kappa shape index (κ2) is 7.13. The van der Waals surface area contributed by atoms with E-state index in [-0.39, 0.29) is 16.2 Å². The van der Waals surface area contributed by atoms with Crippen LogP contribution in [0.15, 0.2) is 56.6 Å². The maximum atomic E-state index is 12.4. The topological polar surface area (TPSA) is 73.6 Å². The molecule has 0 spiro atoms. The van der Waals surface area contributed by atoms with E-state index in [4.69, 9.17) is 20.2 Å². The van der Waals surface area contributed by atoms with Crippen molar-refractivity contribution in [1.29, 1.82) is 0 Å². The summed E-state index contributed by atoms with van der Waals surface area (Å²) in [6, 6.07) is 10.3. The Morgan fingerprint density at radius 3 is 2.46 bits per heavy atom. The van der Waals surface area contributed by atoms with E-state index in [9.17, 15) is 13.2 Å². The Morgan fingerprint density at radius 1 is 1.12 bits per heavy atom. The summed E-state index contributed by atoms with van der Waals surface area (Å²) in [4.78, 5) is 12.1. The number of halogens is 1. The van der Waals surface area contributed by atoms with Gasteiger partial charge in [-0.2, -0.15) is 8.42 Å². The molecule has 136 valence electrons. The first kappa shape index (κ1) is 18.5. The molecule has 0 atom stereocenters. The minimum Gasteiger partial charge on any atom is -0.422 e. The van der Waals surface area contributed by atoms with Crippen molar-refractivity contribution in [2.24, 2.45) is 0 Å². The van der Waals surface area contributed by atoms with E-state index in [1.807, 2.05) is 13.8 Å². The van der Waals surface area contributed by atoms with Crippen LogP contribution < -0.4 is 9.81 Å². The van der Waals surface area contributed by atoms with E-state index < -0.39 is 15.7 Å². The van der Waals surface area contributed by atoms with Gasteiger partial charge in [-0.1, -0.05) is 24.9 Å². The summed E-state index contributed by atoms with van der Waals surface area (Å²) in [7, 11) is -4.01. The highest BCUT2D eigenvalue weighted by molar-refractivity contribution is 7.87. The zero-order valence-corrected chi connectivity index (χ0v) is 15.9. The molecule has 2 aromatic carbocycles. The highest BCUT2D eigenvalue weighted by Crippen LogP contribution is 2.27. The van der Waals surface area contributed by atoms with Gasteiger partial charge in [0.1, 0.15) is 16.2 Å². The molecule has 0 radical (unpaired) electrons. The zero-order chi connectivity index (χ0) is 18.9. The highest BCUT2D eigenvalue weighted by atomic mass is 35.5. The lowest BCUT2D eigenvalue weighted by Crippen LogP contribution is -2.11. The summed E-state index contributed by atoms with van der Waals surface area (Å²) < 4.78 is 35.2. The van der Waals surface area contributed by atoms with Crippen LogP contribution in [0.4, 0.5) is 0 Å². The van der Waals surface area contributed by atoms with Gasteiger partial charge in [-0.05, 0) is 55.3 Å². The highest BCUT2D eigenvalue weighted by Gasteiger charge is 2.18. The van der Waals surface area contributed by atoms with E-state index in [2.05, 4.69) is 0 Å². The van der Waals surface area contributed by atoms with Crippen LogP contribution in [0.1, 0.15) is 24.5 Å². The molecule has 26 heavy (non-hydrogen) atoms. The minimum absolute atomic E-state index is 0.0158. The van der Waals surface area contributed by atoms with Crippen LogP contribution in [0, 0.1) is 6.92 Å². The first-order valence-electron chi connectivity index (χ1n) is 8.08. The first-order valence-corrected chi connectivity index (χ1v) is 9.87. The quantitative estimate of drug-likeness (QED) is 0.473. The molecule has 0 unspecified atom stereocenters. The van der Waals surface area contributed by atoms with Gasteiger partial charge in [0.15, 0.2) is 0 Å². The summed E-state index contributed by atoms with van der Waals surface area (Å²) in [5.41, 5.74) is 1.36. The van der Waals surface area contributed by atoms with E-state index in [0.29, 0.717) is 17.0 Å². The van der Waals surface area contributed by atoms with Crippen molar-refractivity contribution in [1.82, 2.24) is 0 Å². The van der Waals surface area contributed by atoms with Gasteiger partial charge in [0.25, 0.3) is 0 Å². The SMILES string of the molecule is CCCc1c(C)c2ccc(OS(=O)(=O)c3ccc(Cl)cc3)cc2oc1=O. The molecular weight excluding hydrogens is 376 g/mol. The second-order valence-corrected chi connectivity index (χ2v) is 7.88. The van der Waals surface area contributed by atoms with Gasteiger partial charge in [-0.3, -0.25) is 0 Å². The molecule has 3 aromatic rings. The Kier molecular flexibility index (Phi) is 5.07. The molecule has 0 amide bonds. The fourth-order valence-corrected chi connectivity index (χ4v) is 3.79. The van der Waals surface area contributed by atoms with Gasteiger partial charge in [-0.15, -0.1) is 0 Å². The van der Waals surface area contributed by atoms with Crippen molar-refractivity contribution in [3.8, 4) is 5.75 Å². The minimum atomic E-state index is -4.01. The lowest BCUT2D eigenvalue weighted by atomic mass is 10.0. The Labute approximate surface area is 156 Å². The van der Waals surface area contributed by atoms with Crippen molar-refractivity contribution in [2.45, 2.75) is 31.6 Å². The molecule has 0 saturated heterocycles. The van der Waals surface area contributed by atoms with Gasteiger partial charge in [0, 0.05) is 22.0 Å². The van der Waals surface area contributed by atoms with E-state index in [1.54, 1.807) is 12.1 Å². The van der Waals surface area contributed by atoms with E-state index in [0.717, 1.165) is 17.4 Å². The molecule has 0 aliphatic heterocycles. The molecule has 0 fully saturated rings. The first-order chi connectivity index (χ1) is 12.3. The number of benzene rings is 2. The molecule has 3 rings (SSSR count). The molecule has 0 saturated carbocycles. The van der Waals surface area contributed by atoms with E-state index >= 15 is 0 Å². The Balaban J connectivity index is 2.00. The van der Waals surface area contributed by atoms with Crippen LogP contribution in [-0.2, 0) is 16.5 Å². The second-order valence-electron chi connectivity index (χ2n) is 5.89. The molecule has 7 heteroatoms. The fourth-order valence-electron chi connectivity index (χ4n) is 2.74. The summed E-state index contributed by atoms with van der Waals surface area (Å²) in [5, 5.41) is 1.18. The number of hydrogen-bond donors (Lipinski definition) is 0. The van der Waals surface area contributed by atoms with Gasteiger partial charge >= 0.3 is 15.7 Å². The number of aryl methyl sites for hydroxylation is 1. The molecule has 0 aliphatic rings. The van der Waals surface area contributed by atoms with Crippen molar-refractivity contribution in [3.63, 3.8) is 0 Å². The average molecular weight is 393 g/mol. The third-order valence-electron chi connectivity index (χ3n) is 4.07. The van der Waals surface area contributed by atoms with Crippen molar-refractivity contribution < 1.29 is 17.0 Å². The van der Waals surface area contributed by atoms with Gasteiger partial charge in [0.05, 0.1) is 0 Å². The van der Waals surface area contributed by atoms with Crippen LogP contribution in [0.2, 0.25) is 5.02 Å². The summed E-state index contributed by atoms with van der Waals surface area (Å²) in [6.45, 7) is 3.84. The van der Waals surface area contributed by atoms with Crippen LogP contribution in [0.5, 0.6) is 5.75 Å². The monoisotopic (exact) mass is 392 g/mol. The predicted octanol–water partition coefficient (Wildman–Crippen LogP) is 4.48. The average Bonchev–Trinajstić information content (AvgIpc) is 2.58. The molecule has 1 aromatic heterocycles. The summed E-state index contributed by atoms with van der Waals surface area (Å²) in [5.74, 6) is 0.0678. The maximum Gasteiger partial charge on any atom is 0.339 e. The summed E-state index contributed by atoms with van der Waals surface area (Å²) >= 11 is 5.77. The maximum absolute atomic E-state index is 12.4. The lowest BCUT2D eigenvalue weighted by Gasteiger charge is -2.10. The van der Waals surface area contributed by atoms with Crippen LogP contribution >= 0.6 is 11.6 Å². The standard InChI is InChI=1S/C19H17ClO5S/c1-3-4-17-12(2)16-10-7-14(11-18(16)24-19(17)21)25-26(22,23)15-8-5-13(20)6-9-15/h5-11H,3-4H2,1-2H3. The summed E-state index contributed by atoms with van der Waals surface area (Å²) in [6.07, 6.45) is 1.46. The number of rotatable bonds is 5. The molecule has 0 N–H and O–H groups in total. The normalized spacial score (nSPS) is 11.7. The van der Waals surface area contributed by atoms with Crippen molar-refractivity contribution in [2.75, 3.05) is 0 Å². The number of hydrogen-bond acceptors (Lipinski definition) is 5. The van der Waals surface area contributed by atoms with E-state index in [1.165, 1.54) is 30.3 Å². The van der Waals surface area contributed by atoms with Gasteiger partial charge in [-0.25, -0.2) is 4.79 Å².